The van der Waals surface area contributed by atoms with Gasteiger partial charge in [0.2, 0.25) is 0 Å². The van der Waals surface area contributed by atoms with E-state index in [1.807, 2.05) is 52.1 Å². The Kier molecular flexibility index (Phi) is 18.1. The van der Waals surface area contributed by atoms with E-state index in [1.54, 1.807) is 6.08 Å². The van der Waals surface area contributed by atoms with Crippen LogP contribution in [0, 0.1) is 0 Å². The molecule has 0 unspecified atom stereocenters. The normalized spacial score (nSPS) is 14.9. The first-order valence-corrected chi connectivity index (χ1v) is 17.9. The number of halogens is 5. The third-order valence-corrected chi connectivity index (χ3v) is 9.12. The number of aliphatic imine (C=N–C) groups is 1. The SMILES string of the molecule is CC.CC(C)c1ccccc1N1CCCSC1(C)C.CCC(/C=C(\N)c1ccc(CNC)cc1)=Nc1ccc(OC(F)(F)C(C)(F)F)cc1.F.[HH]. The topological polar surface area (TPSA) is 62.9 Å². The van der Waals surface area contributed by atoms with Crippen molar-refractivity contribution < 1.29 is 28.4 Å². The molecule has 0 atom stereocenters. The summed E-state index contributed by atoms with van der Waals surface area (Å²) < 4.78 is 56.6. The van der Waals surface area contributed by atoms with E-state index in [1.165, 1.54) is 54.2 Å². The van der Waals surface area contributed by atoms with Gasteiger partial charge >= 0.3 is 12.0 Å². The van der Waals surface area contributed by atoms with Crippen molar-refractivity contribution in [1.82, 2.24) is 5.32 Å². The van der Waals surface area contributed by atoms with Gasteiger partial charge in [0.25, 0.3) is 0 Å². The maximum Gasteiger partial charge on any atom is 0.463 e. The van der Waals surface area contributed by atoms with Gasteiger partial charge in [-0.2, -0.15) is 17.6 Å². The zero-order chi connectivity index (χ0) is 36.8. The van der Waals surface area contributed by atoms with E-state index in [0.717, 1.165) is 17.7 Å². The average molecular weight is 725 g/mol. The molecule has 1 saturated heterocycles. The Morgan fingerprint density at radius 2 is 1.64 bits per heavy atom. The number of para-hydroxylation sites is 1. The summed E-state index contributed by atoms with van der Waals surface area (Å²) in [6.07, 6.45) is -0.993. The van der Waals surface area contributed by atoms with Crippen LogP contribution in [0.1, 0.15) is 92.3 Å². The highest BCUT2D eigenvalue weighted by Crippen LogP contribution is 2.40. The van der Waals surface area contributed by atoms with E-state index in [0.29, 0.717) is 29.4 Å². The summed E-state index contributed by atoms with van der Waals surface area (Å²) in [7, 11) is 1.87. The molecule has 3 aromatic carbocycles. The van der Waals surface area contributed by atoms with Gasteiger partial charge in [-0.1, -0.05) is 77.1 Å². The Labute approximate surface area is 301 Å². The van der Waals surface area contributed by atoms with Crippen LogP contribution in [0.5, 0.6) is 5.75 Å². The third kappa shape index (κ3) is 13.0. The van der Waals surface area contributed by atoms with E-state index in [-0.39, 0.29) is 23.7 Å². The molecule has 0 saturated carbocycles. The molecule has 0 amide bonds. The average Bonchev–Trinajstić information content (AvgIpc) is 3.06. The fraction of sp³-hybridized carbons (Fsp3) is 0.462. The monoisotopic (exact) mass is 724 g/mol. The lowest BCUT2D eigenvalue weighted by atomic mass is 9.99. The van der Waals surface area contributed by atoms with E-state index < -0.39 is 12.0 Å². The Morgan fingerprint density at radius 1 is 1.04 bits per heavy atom. The van der Waals surface area contributed by atoms with Gasteiger partial charge in [-0.3, -0.25) is 9.70 Å². The second-order valence-corrected chi connectivity index (χ2v) is 14.0. The molecule has 0 bridgehead atoms. The molecule has 1 fully saturated rings. The molecule has 0 radical (unpaired) electrons. The second kappa shape index (κ2) is 20.3. The number of anilines is 1. The number of nitrogens with one attached hydrogen (secondary N) is 1. The number of rotatable bonds is 11. The Morgan fingerprint density at radius 3 is 2.16 bits per heavy atom. The number of alkyl halides is 4. The van der Waals surface area contributed by atoms with Gasteiger partial charge in [0.1, 0.15) is 5.75 Å². The highest BCUT2D eigenvalue weighted by molar-refractivity contribution is 8.00. The van der Waals surface area contributed by atoms with Crippen LogP contribution in [0.3, 0.4) is 0 Å². The molecule has 280 valence electrons. The number of allylic oxidation sites excluding steroid dienone is 1. The van der Waals surface area contributed by atoms with Gasteiger partial charge in [-0.25, -0.2) is 0 Å². The molecule has 3 N–H and O–H groups in total. The first-order chi connectivity index (χ1) is 23.1. The highest BCUT2D eigenvalue weighted by Gasteiger charge is 2.55. The van der Waals surface area contributed by atoms with E-state index in [2.05, 4.69) is 83.7 Å². The van der Waals surface area contributed by atoms with Crippen LogP contribution in [0.25, 0.3) is 5.70 Å². The molecule has 5 nitrogen and oxygen atoms in total. The molecule has 4 rings (SSSR count). The van der Waals surface area contributed by atoms with E-state index in [4.69, 9.17) is 5.73 Å². The van der Waals surface area contributed by atoms with Crippen molar-refractivity contribution in [3.05, 3.63) is 95.6 Å². The Balaban J connectivity index is 0.00000101. The van der Waals surface area contributed by atoms with Crippen LogP contribution in [-0.2, 0) is 6.54 Å². The van der Waals surface area contributed by atoms with Gasteiger partial charge in [0.05, 0.1) is 10.6 Å². The minimum Gasteiger partial charge on any atom is -0.428 e. The van der Waals surface area contributed by atoms with Crippen molar-refractivity contribution in [3.8, 4) is 5.75 Å². The van der Waals surface area contributed by atoms with E-state index >= 15 is 0 Å². The van der Waals surface area contributed by atoms with Crippen LogP contribution in [-0.4, -0.2) is 42.0 Å². The zero-order valence-electron chi connectivity index (χ0n) is 30.8. The molecular weight excluding hydrogens is 668 g/mol. The van der Waals surface area contributed by atoms with Crippen molar-refractivity contribution in [3.63, 3.8) is 0 Å². The number of benzene rings is 3. The molecule has 0 aliphatic carbocycles. The predicted molar refractivity (Wildman–Crippen MR) is 206 cm³/mol. The highest BCUT2D eigenvalue weighted by atomic mass is 32.2. The fourth-order valence-electron chi connectivity index (χ4n) is 5.01. The van der Waals surface area contributed by atoms with Gasteiger partial charge < -0.3 is 20.7 Å². The van der Waals surface area contributed by atoms with Crippen molar-refractivity contribution >= 4 is 34.5 Å². The van der Waals surface area contributed by atoms with Crippen LogP contribution >= 0.6 is 11.8 Å². The zero-order valence-corrected chi connectivity index (χ0v) is 31.6. The number of hydrogen-bond acceptors (Lipinski definition) is 6. The van der Waals surface area contributed by atoms with Gasteiger partial charge in [0, 0.05) is 38.5 Å². The van der Waals surface area contributed by atoms with Crippen LogP contribution in [0.4, 0.5) is 33.6 Å². The van der Waals surface area contributed by atoms with Crippen molar-refractivity contribution in [2.75, 3.05) is 24.2 Å². The molecule has 0 aromatic heterocycles. The first-order valence-electron chi connectivity index (χ1n) is 16.9. The predicted octanol–water partition coefficient (Wildman–Crippen LogP) is 11.4. The third-order valence-electron chi connectivity index (χ3n) is 7.70. The standard InChI is InChI=1S/C22H25F4N3O.C15H23NS.C2H6.FH.H2/c1-4-17(13-20(27)16-7-5-15(6-8-16)14-28-3)29-18-9-11-19(12-10-18)30-22(25,26)21(2,23)24;1-12(2)13-8-5-6-9-14(13)16-10-7-11-17-15(16,3)4;1-2;;/h5-13,28H,4,14,27H2,1-3H3;5-6,8-9,12H,7,10-11H2,1-4H3;1-2H3;2*1H/b20-13-,29-17?;;;;. The van der Waals surface area contributed by atoms with Crippen molar-refractivity contribution in [1.29, 1.82) is 0 Å². The first kappa shape index (κ1) is 44.5. The minimum atomic E-state index is -4.60. The fourth-order valence-corrected chi connectivity index (χ4v) is 6.13. The number of nitrogens with two attached hydrogens (primary N) is 1. The number of hydrogen-bond donors (Lipinski definition) is 2. The molecule has 1 aliphatic heterocycles. The summed E-state index contributed by atoms with van der Waals surface area (Å²) in [5, 5.41) is 3.07. The summed E-state index contributed by atoms with van der Waals surface area (Å²) in [5.74, 6) is -2.80. The maximum atomic E-state index is 13.3. The van der Waals surface area contributed by atoms with Gasteiger partial charge in [-0.15, -0.1) is 11.8 Å². The minimum absolute atomic E-state index is 0. The smallest absolute Gasteiger partial charge is 0.428 e. The summed E-state index contributed by atoms with van der Waals surface area (Å²) in [6, 6.07) is 21.8. The maximum absolute atomic E-state index is 13.3. The summed E-state index contributed by atoms with van der Waals surface area (Å²) in [4.78, 5) is 7.24. The Bertz CT molecular complexity index is 1490. The van der Waals surface area contributed by atoms with Crippen molar-refractivity contribution in [2.45, 2.75) is 97.6 Å². The molecule has 0 spiro atoms. The van der Waals surface area contributed by atoms with Gasteiger partial charge in [-0.05, 0) is 98.5 Å². The molecular formula is C39H57F5N4OS. The summed E-state index contributed by atoms with van der Waals surface area (Å²) in [6.45, 7) is 17.2. The number of ether oxygens (including phenoxy) is 1. The molecule has 1 heterocycles. The molecule has 50 heavy (non-hydrogen) atoms. The molecule has 3 aromatic rings. The van der Waals surface area contributed by atoms with Crippen LogP contribution < -0.4 is 20.7 Å². The van der Waals surface area contributed by atoms with E-state index in [9.17, 15) is 17.6 Å². The number of thioether (sulfide) groups is 1. The number of nitrogens with zero attached hydrogens (tertiary/aromatic N) is 2. The Hall–Kier alpha value is -3.57. The lowest BCUT2D eigenvalue weighted by Crippen LogP contribution is -2.46. The van der Waals surface area contributed by atoms with Gasteiger partial charge in [0.15, 0.2) is 0 Å². The summed E-state index contributed by atoms with van der Waals surface area (Å²) in [5.41, 5.74) is 12.7. The van der Waals surface area contributed by atoms with Crippen molar-refractivity contribution in [2.24, 2.45) is 10.7 Å². The summed E-state index contributed by atoms with van der Waals surface area (Å²) >= 11 is 2.07. The second-order valence-electron chi connectivity index (χ2n) is 12.3. The largest absolute Gasteiger partial charge is 0.463 e. The lowest BCUT2D eigenvalue weighted by molar-refractivity contribution is -0.301. The quantitative estimate of drug-likeness (QED) is 0.152. The molecule has 11 heteroatoms. The van der Waals surface area contributed by atoms with Crippen LogP contribution in [0.15, 0.2) is 83.9 Å². The molecule has 1 aliphatic rings. The lowest BCUT2D eigenvalue weighted by Gasteiger charge is -2.44. The van der Waals surface area contributed by atoms with Crippen LogP contribution in [0.2, 0.25) is 0 Å².